The van der Waals surface area contributed by atoms with E-state index in [-0.39, 0.29) is 5.91 Å². The van der Waals surface area contributed by atoms with Gasteiger partial charge in [-0.25, -0.2) is 0 Å². The Morgan fingerprint density at radius 2 is 1.91 bits per heavy atom. The second-order valence-electron chi connectivity index (χ2n) is 8.14. The van der Waals surface area contributed by atoms with Crippen molar-refractivity contribution >= 4 is 11.8 Å². The number of methoxy groups -OCH3 is 1. The third-order valence-corrected chi connectivity index (χ3v) is 4.83. The summed E-state index contributed by atoms with van der Waals surface area (Å²) in [6.45, 7) is 5.26. The summed E-state index contributed by atoms with van der Waals surface area (Å²) >= 11 is 0. The first-order valence-corrected chi connectivity index (χ1v) is 11.4. The van der Waals surface area contributed by atoms with Crippen LogP contribution in [0.2, 0.25) is 0 Å². The fraction of sp³-hybridized carbons (Fsp3) is 0.583. The Morgan fingerprint density at radius 1 is 1.12 bits per heavy atom. The third-order valence-electron chi connectivity index (χ3n) is 4.83. The van der Waals surface area contributed by atoms with Gasteiger partial charge in [0.05, 0.1) is 13.2 Å². The molecule has 0 fully saturated rings. The lowest BCUT2D eigenvalue weighted by atomic mass is 10.1. The first kappa shape index (κ1) is 27.5. The van der Waals surface area contributed by atoms with Gasteiger partial charge in [-0.2, -0.15) is 5.48 Å². The molecular formula is C24H40N4O4. The molecule has 8 heteroatoms. The lowest BCUT2D eigenvalue weighted by Gasteiger charge is -2.15. The minimum atomic E-state index is -0.659. The van der Waals surface area contributed by atoms with Crippen LogP contribution in [0.3, 0.4) is 0 Å². The lowest BCUT2D eigenvalue weighted by molar-refractivity contribution is -0.129. The van der Waals surface area contributed by atoms with E-state index >= 15 is 0 Å². The number of carbonyl (C=O) groups excluding carboxylic acids is 2. The quantitative estimate of drug-likeness (QED) is 0.175. The number of allylic oxidation sites excluding steroid dienone is 2. The number of unbranched alkanes of at least 4 members (excludes halogenated alkanes) is 3. The summed E-state index contributed by atoms with van der Waals surface area (Å²) in [5.74, 6) is 0.991. The zero-order valence-corrected chi connectivity index (χ0v) is 19.7. The van der Waals surface area contributed by atoms with Gasteiger partial charge in [-0.15, -0.1) is 0 Å². The van der Waals surface area contributed by atoms with Crippen molar-refractivity contribution in [2.45, 2.75) is 71.4 Å². The van der Waals surface area contributed by atoms with Crippen molar-refractivity contribution in [3.05, 3.63) is 35.9 Å². The summed E-state index contributed by atoms with van der Waals surface area (Å²) in [5.41, 5.74) is 14.5. The Labute approximate surface area is 192 Å². The van der Waals surface area contributed by atoms with Gasteiger partial charge < -0.3 is 26.4 Å². The van der Waals surface area contributed by atoms with Gasteiger partial charge in [-0.3, -0.25) is 9.59 Å². The van der Waals surface area contributed by atoms with Crippen molar-refractivity contribution in [2.75, 3.05) is 13.7 Å². The summed E-state index contributed by atoms with van der Waals surface area (Å²) in [5, 5.41) is 2.92. The van der Waals surface area contributed by atoms with E-state index < -0.39 is 11.9 Å². The Hall–Kier alpha value is -2.58. The number of nitrogens with one attached hydrogen (secondary N) is 2. The minimum absolute atomic E-state index is 0.0213. The highest BCUT2D eigenvalue weighted by atomic mass is 16.7. The van der Waals surface area contributed by atoms with Gasteiger partial charge in [0.2, 0.25) is 5.91 Å². The molecule has 6 N–H and O–H groups in total. The highest BCUT2D eigenvalue weighted by molar-refractivity contribution is 5.80. The van der Waals surface area contributed by atoms with Gasteiger partial charge in [0.15, 0.2) is 11.5 Å². The minimum Gasteiger partial charge on any atom is -0.493 e. The van der Waals surface area contributed by atoms with E-state index in [4.69, 9.17) is 21.0 Å². The molecular weight excluding hydrogens is 408 g/mol. The predicted octanol–water partition coefficient (Wildman–Crippen LogP) is 2.95. The number of carbonyl (C=O) groups is 2. The van der Waals surface area contributed by atoms with Crippen molar-refractivity contribution < 1.29 is 19.2 Å². The number of hydrogen-bond acceptors (Lipinski definition) is 6. The number of hydrogen-bond donors (Lipinski definition) is 4. The smallest absolute Gasteiger partial charge is 0.269 e. The van der Waals surface area contributed by atoms with E-state index in [0.717, 1.165) is 37.7 Å². The van der Waals surface area contributed by atoms with Crippen LogP contribution in [0.1, 0.15) is 64.4 Å². The van der Waals surface area contributed by atoms with E-state index in [0.29, 0.717) is 43.3 Å². The monoisotopic (exact) mass is 448 g/mol. The molecule has 0 heterocycles. The van der Waals surface area contributed by atoms with Crippen LogP contribution >= 0.6 is 0 Å². The molecule has 0 spiro atoms. The number of nitrogens with two attached hydrogens (primary N) is 2. The second-order valence-corrected chi connectivity index (χ2v) is 8.14. The predicted molar refractivity (Wildman–Crippen MR) is 127 cm³/mol. The van der Waals surface area contributed by atoms with Gasteiger partial charge in [-0.1, -0.05) is 38.5 Å². The van der Waals surface area contributed by atoms with E-state index in [1.807, 2.05) is 6.07 Å². The van der Waals surface area contributed by atoms with Crippen molar-refractivity contribution in [3.63, 3.8) is 0 Å². The molecule has 1 rings (SSSR count). The van der Waals surface area contributed by atoms with Crippen LogP contribution in [0.15, 0.2) is 30.4 Å². The molecule has 0 saturated carbocycles. The molecule has 0 radical (unpaired) electrons. The Kier molecular flexibility index (Phi) is 13.8. The maximum absolute atomic E-state index is 12.1. The number of amides is 2. The Bertz CT molecular complexity index is 722. The van der Waals surface area contributed by atoms with Gasteiger partial charge in [-0.05, 0) is 62.3 Å². The van der Waals surface area contributed by atoms with E-state index in [1.54, 1.807) is 12.1 Å². The molecule has 1 aromatic carbocycles. The van der Waals surface area contributed by atoms with Gasteiger partial charge in [0.1, 0.15) is 0 Å². The van der Waals surface area contributed by atoms with E-state index in [9.17, 15) is 9.59 Å². The maximum atomic E-state index is 12.1. The molecule has 0 aliphatic rings. The largest absolute Gasteiger partial charge is 0.493 e. The molecule has 0 aliphatic heterocycles. The van der Waals surface area contributed by atoms with Crippen LogP contribution in [0.4, 0.5) is 0 Å². The average Bonchev–Trinajstić information content (AvgIpc) is 2.78. The fourth-order valence-electron chi connectivity index (χ4n) is 2.93. The molecule has 0 saturated heterocycles. The molecule has 0 bridgehead atoms. The first-order chi connectivity index (χ1) is 15.4. The van der Waals surface area contributed by atoms with Gasteiger partial charge in [0.25, 0.3) is 5.91 Å². The van der Waals surface area contributed by atoms with Crippen LogP contribution in [-0.4, -0.2) is 31.5 Å². The lowest BCUT2D eigenvalue weighted by Crippen LogP contribution is -2.42. The van der Waals surface area contributed by atoms with Crippen LogP contribution in [0, 0.1) is 5.92 Å². The molecule has 8 nitrogen and oxygen atoms in total. The molecule has 0 unspecified atom stereocenters. The summed E-state index contributed by atoms with van der Waals surface area (Å²) in [7, 11) is 1.51. The highest BCUT2D eigenvalue weighted by Crippen LogP contribution is 2.27. The third kappa shape index (κ3) is 11.7. The Morgan fingerprint density at radius 3 is 2.59 bits per heavy atom. The summed E-state index contributed by atoms with van der Waals surface area (Å²) in [4.78, 5) is 29.5. The van der Waals surface area contributed by atoms with Crippen molar-refractivity contribution in [1.29, 1.82) is 0 Å². The molecule has 0 aromatic heterocycles. The van der Waals surface area contributed by atoms with Crippen LogP contribution < -0.4 is 31.8 Å². The number of hydroxylamine groups is 1. The fourth-order valence-corrected chi connectivity index (χ4v) is 2.93. The molecule has 1 atom stereocenters. The number of benzene rings is 1. The molecule has 2 amide bonds. The van der Waals surface area contributed by atoms with Gasteiger partial charge >= 0.3 is 0 Å². The number of ether oxygens (including phenoxy) is 1. The van der Waals surface area contributed by atoms with E-state index in [1.165, 1.54) is 7.11 Å². The average molecular weight is 449 g/mol. The highest BCUT2D eigenvalue weighted by Gasteiger charge is 2.15. The normalized spacial score (nSPS) is 12.1. The zero-order chi connectivity index (χ0) is 23.8. The summed E-state index contributed by atoms with van der Waals surface area (Å²) in [6.07, 6.45) is 9.87. The molecule has 0 aliphatic carbocycles. The summed E-state index contributed by atoms with van der Waals surface area (Å²) < 4.78 is 5.34. The second kappa shape index (κ2) is 16.1. The van der Waals surface area contributed by atoms with E-state index in [2.05, 4.69) is 36.8 Å². The molecule has 180 valence electrons. The SMILES string of the molecule is COc1cc(CNC(=O)CCCC/C=C/C(C)C)ccc1ONC(=O)[C@@H](N)CCCCN. The van der Waals surface area contributed by atoms with Crippen LogP contribution in [0.5, 0.6) is 11.5 Å². The first-order valence-electron chi connectivity index (χ1n) is 11.4. The van der Waals surface area contributed by atoms with Gasteiger partial charge in [0, 0.05) is 13.0 Å². The van der Waals surface area contributed by atoms with Crippen LogP contribution in [-0.2, 0) is 16.1 Å². The maximum Gasteiger partial charge on any atom is 0.269 e. The van der Waals surface area contributed by atoms with Crippen LogP contribution in [0.25, 0.3) is 0 Å². The molecule has 32 heavy (non-hydrogen) atoms. The van der Waals surface area contributed by atoms with Crippen molar-refractivity contribution in [2.24, 2.45) is 17.4 Å². The summed E-state index contributed by atoms with van der Waals surface area (Å²) in [6, 6.07) is 4.59. The van der Waals surface area contributed by atoms with Crippen molar-refractivity contribution in [3.8, 4) is 11.5 Å². The number of rotatable bonds is 16. The molecule has 1 aromatic rings. The standard InChI is InChI=1S/C24H40N4O4/c1-18(2)10-6-4-5-7-12-23(29)27-17-19-13-14-21(22(16-19)31-3)32-28-24(30)20(26)11-8-9-15-25/h6,10,13-14,16,18,20H,4-5,7-9,11-12,15,17,25-26H2,1-3H3,(H,27,29)(H,28,30)/b10-6+/t20-/m0/s1. The van der Waals surface area contributed by atoms with Crippen molar-refractivity contribution in [1.82, 2.24) is 10.8 Å². The zero-order valence-electron chi connectivity index (χ0n) is 19.7. The topological polar surface area (TPSA) is 129 Å². The Balaban J connectivity index is 2.42.